The zero-order valence-corrected chi connectivity index (χ0v) is 9.58. The summed E-state index contributed by atoms with van der Waals surface area (Å²) >= 11 is 0. The molecule has 0 spiro atoms. The number of amides is 1. The van der Waals surface area contributed by atoms with E-state index in [1.807, 2.05) is 18.7 Å². The van der Waals surface area contributed by atoms with Crippen molar-refractivity contribution < 1.29 is 9.90 Å². The van der Waals surface area contributed by atoms with Gasteiger partial charge >= 0.3 is 0 Å². The first kappa shape index (κ1) is 11.5. The van der Waals surface area contributed by atoms with Crippen molar-refractivity contribution in [3.8, 4) is 0 Å². The highest BCUT2D eigenvalue weighted by atomic mass is 16.3. The molecule has 3 nitrogen and oxygen atoms in total. The minimum absolute atomic E-state index is 0.0870. The van der Waals surface area contributed by atoms with Gasteiger partial charge in [-0.2, -0.15) is 0 Å². The lowest BCUT2D eigenvalue weighted by Gasteiger charge is -2.39. The van der Waals surface area contributed by atoms with Gasteiger partial charge in [-0.25, -0.2) is 0 Å². The SMILES string of the molecule is CCC(C)N1C(=O)CC(CO)C1(C)C. The molecule has 0 radical (unpaired) electrons. The molecule has 0 aromatic heterocycles. The molecule has 2 atom stereocenters. The summed E-state index contributed by atoms with van der Waals surface area (Å²) in [4.78, 5) is 13.7. The van der Waals surface area contributed by atoms with E-state index in [2.05, 4.69) is 13.8 Å². The molecule has 1 saturated heterocycles. The highest BCUT2D eigenvalue weighted by Gasteiger charge is 2.47. The van der Waals surface area contributed by atoms with Gasteiger partial charge in [0.2, 0.25) is 5.91 Å². The molecule has 14 heavy (non-hydrogen) atoms. The third kappa shape index (κ3) is 1.65. The van der Waals surface area contributed by atoms with Gasteiger partial charge in [-0.3, -0.25) is 4.79 Å². The van der Waals surface area contributed by atoms with Crippen LogP contribution in [0.5, 0.6) is 0 Å². The third-order valence-electron chi connectivity index (χ3n) is 3.56. The Kier molecular flexibility index (Phi) is 3.20. The second kappa shape index (κ2) is 3.89. The number of hydrogen-bond acceptors (Lipinski definition) is 2. The Morgan fingerprint density at radius 3 is 2.57 bits per heavy atom. The Hall–Kier alpha value is -0.570. The van der Waals surface area contributed by atoms with Gasteiger partial charge in [0.25, 0.3) is 0 Å². The number of carbonyl (C=O) groups is 1. The Balaban J connectivity index is 2.89. The fourth-order valence-electron chi connectivity index (χ4n) is 2.36. The molecular formula is C11H21NO2. The van der Waals surface area contributed by atoms with Crippen molar-refractivity contribution in [3.05, 3.63) is 0 Å². The molecule has 1 aliphatic heterocycles. The zero-order valence-electron chi connectivity index (χ0n) is 9.58. The van der Waals surface area contributed by atoms with Crippen molar-refractivity contribution in [1.29, 1.82) is 0 Å². The zero-order chi connectivity index (χ0) is 10.9. The number of rotatable bonds is 3. The molecule has 0 aromatic carbocycles. The highest BCUT2D eigenvalue weighted by molar-refractivity contribution is 5.80. The first-order valence-electron chi connectivity index (χ1n) is 5.38. The van der Waals surface area contributed by atoms with Gasteiger partial charge in [0.1, 0.15) is 0 Å². The standard InChI is InChI=1S/C11H21NO2/c1-5-8(2)12-10(14)6-9(7-13)11(12,3)4/h8-9,13H,5-7H2,1-4H3. The van der Waals surface area contributed by atoms with Crippen LogP contribution in [0, 0.1) is 5.92 Å². The van der Waals surface area contributed by atoms with Gasteiger partial charge in [-0.1, -0.05) is 6.92 Å². The quantitative estimate of drug-likeness (QED) is 0.746. The van der Waals surface area contributed by atoms with E-state index in [9.17, 15) is 9.90 Å². The van der Waals surface area contributed by atoms with Crippen molar-refractivity contribution in [2.75, 3.05) is 6.61 Å². The molecule has 0 saturated carbocycles. The minimum Gasteiger partial charge on any atom is -0.396 e. The predicted molar refractivity (Wildman–Crippen MR) is 55.9 cm³/mol. The van der Waals surface area contributed by atoms with Gasteiger partial charge in [0.05, 0.1) is 0 Å². The molecule has 1 rings (SSSR count). The van der Waals surface area contributed by atoms with Crippen LogP contribution < -0.4 is 0 Å². The van der Waals surface area contributed by atoms with Crippen molar-refractivity contribution in [3.63, 3.8) is 0 Å². The number of hydrogen-bond donors (Lipinski definition) is 1. The van der Waals surface area contributed by atoms with E-state index in [4.69, 9.17) is 0 Å². The Labute approximate surface area is 86.1 Å². The number of aliphatic hydroxyl groups is 1. The van der Waals surface area contributed by atoms with Crippen molar-refractivity contribution >= 4 is 5.91 Å². The Morgan fingerprint density at radius 1 is 1.64 bits per heavy atom. The molecule has 82 valence electrons. The maximum absolute atomic E-state index is 11.8. The molecule has 0 aliphatic carbocycles. The molecule has 1 aliphatic rings. The molecule has 1 N–H and O–H groups in total. The molecule has 0 aromatic rings. The number of likely N-dealkylation sites (tertiary alicyclic amines) is 1. The van der Waals surface area contributed by atoms with Gasteiger partial charge < -0.3 is 10.0 Å². The highest BCUT2D eigenvalue weighted by Crippen LogP contribution is 2.37. The van der Waals surface area contributed by atoms with E-state index >= 15 is 0 Å². The fraction of sp³-hybridized carbons (Fsp3) is 0.909. The number of aliphatic hydroxyl groups excluding tert-OH is 1. The summed E-state index contributed by atoms with van der Waals surface area (Å²) < 4.78 is 0. The molecule has 3 heteroatoms. The topological polar surface area (TPSA) is 40.5 Å². The Morgan fingerprint density at radius 2 is 2.21 bits per heavy atom. The van der Waals surface area contributed by atoms with Crippen LogP contribution in [0.4, 0.5) is 0 Å². The van der Waals surface area contributed by atoms with Gasteiger partial charge in [0, 0.05) is 30.5 Å². The summed E-state index contributed by atoms with van der Waals surface area (Å²) in [6.45, 7) is 8.35. The van der Waals surface area contributed by atoms with Gasteiger partial charge in [-0.05, 0) is 27.2 Å². The van der Waals surface area contributed by atoms with Crippen molar-refractivity contribution in [2.45, 2.75) is 52.1 Å². The van der Waals surface area contributed by atoms with Crippen LogP contribution in [0.1, 0.15) is 40.5 Å². The molecular weight excluding hydrogens is 178 g/mol. The van der Waals surface area contributed by atoms with Gasteiger partial charge in [-0.15, -0.1) is 0 Å². The molecule has 1 fully saturated rings. The second-order valence-electron chi connectivity index (χ2n) is 4.76. The summed E-state index contributed by atoms with van der Waals surface area (Å²) in [6, 6.07) is 0.272. The number of carbonyl (C=O) groups excluding carboxylic acids is 1. The summed E-state index contributed by atoms with van der Waals surface area (Å²) in [5, 5.41) is 9.21. The van der Waals surface area contributed by atoms with E-state index in [0.29, 0.717) is 6.42 Å². The monoisotopic (exact) mass is 199 g/mol. The average molecular weight is 199 g/mol. The second-order valence-corrected chi connectivity index (χ2v) is 4.76. The smallest absolute Gasteiger partial charge is 0.223 e. The lowest BCUT2D eigenvalue weighted by Crippen LogP contribution is -2.49. The van der Waals surface area contributed by atoms with E-state index in [1.54, 1.807) is 0 Å². The van der Waals surface area contributed by atoms with Crippen molar-refractivity contribution in [1.82, 2.24) is 4.90 Å². The lowest BCUT2D eigenvalue weighted by atomic mass is 9.88. The maximum Gasteiger partial charge on any atom is 0.223 e. The largest absolute Gasteiger partial charge is 0.396 e. The normalized spacial score (nSPS) is 28.2. The minimum atomic E-state index is -0.193. The van der Waals surface area contributed by atoms with Crippen LogP contribution in [0.25, 0.3) is 0 Å². The summed E-state index contributed by atoms with van der Waals surface area (Å²) in [5.41, 5.74) is -0.193. The van der Waals surface area contributed by atoms with Crippen LogP contribution in [-0.4, -0.2) is 34.1 Å². The lowest BCUT2D eigenvalue weighted by molar-refractivity contribution is -0.133. The molecule has 1 heterocycles. The number of nitrogens with zero attached hydrogens (tertiary/aromatic N) is 1. The molecule has 1 amide bonds. The molecule has 2 unspecified atom stereocenters. The van der Waals surface area contributed by atoms with Gasteiger partial charge in [0.15, 0.2) is 0 Å². The predicted octanol–water partition coefficient (Wildman–Crippen LogP) is 1.40. The average Bonchev–Trinajstić information content (AvgIpc) is 2.35. The first-order chi connectivity index (χ1) is 6.45. The summed E-state index contributed by atoms with van der Waals surface area (Å²) in [5.74, 6) is 0.271. The van der Waals surface area contributed by atoms with Crippen LogP contribution in [0.2, 0.25) is 0 Å². The third-order valence-corrected chi connectivity index (χ3v) is 3.56. The van der Waals surface area contributed by atoms with E-state index in [-0.39, 0.29) is 30.0 Å². The van der Waals surface area contributed by atoms with E-state index in [1.165, 1.54) is 0 Å². The molecule has 0 bridgehead atoms. The van der Waals surface area contributed by atoms with E-state index in [0.717, 1.165) is 6.42 Å². The van der Waals surface area contributed by atoms with Crippen molar-refractivity contribution in [2.24, 2.45) is 5.92 Å². The first-order valence-corrected chi connectivity index (χ1v) is 5.38. The van der Waals surface area contributed by atoms with Crippen LogP contribution in [0.15, 0.2) is 0 Å². The maximum atomic E-state index is 11.8. The Bertz CT molecular complexity index is 225. The summed E-state index contributed by atoms with van der Waals surface area (Å²) in [6.07, 6.45) is 1.46. The van der Waals surface area contributed by atoms with Crippen LogP contribution in [-0.2, 0) is 4.79 Å². The summed E-state index contributed by atoms with van der Waals surface area (Å²) in [7, 11) is 0. The van der Waals surface area contributed by atoms with Crippen LogP contribution in [0.3, 0.4) is 0 Å². The van der Waals surface area contributed by atoms with E-state index < -0.39 is 0 Å². The van der Waals surface area contributed by atoms with Crippen LogP contribution >= 0.6 is 0 Å². The fourth-order valence-corrected chi connectivity index (χ4v) is 2.36.